The highest BCUT2D eigenvalue weighted by Gasteiger charge is 2.13. The lowest BCUT2D eigenvalue weighted by Gasteiger charge is -2.11. The van der Waals surface area contributed by atoms with Crippen molar-refractivity contribution < 1.29 is 14.3 Å². The molecule has 0 aliphatic heterocycles. The Bertz CT molecular complexity index is 967. The molecular formula is C18H20N2O5. The maximum Gasteiger partial charge on any atom is 0.330 e. The monoisotopic (exact) mass is 344 g/mol. The number of hydrogen-bond donors (Lipinski definition) is 0. The molecule has 25 heavy (non-hydrogen) atoms. The Morgan fingerprint density at radius 1 is 1.08 bits per heavy atom. The number of rotatable bonds is 5. The van der Waals surface area contributed by atoms with Crippen LogP contribution in [0.5, 0.6) is 11.5 Å². The predicted molar refractivity (Wildman–Crippen MR) is 94.6 cm³/mol. The molecule has 0 spiro atoms. The van der Waals surface area contributed by atoms with Crippen LogP contribution in [0.4, 0.5) is 0 Å². The highest BCUT2D eigenvalue weighted by atomic mass is 16.5. The first-order valence-electron chi connectivity index (χ1n) is 7.51. The van der Waals surface area contributed by atoms with Crippen LogP contribution in [-0.4, -0.2) is 29.1 Å². The number of carbonyl (C=O) groups excluding carboxylic acids is 1. The molecule has 2 rings (SSSR count). The van der Waals surface area contributed by atoms with Gasteiger partial charge in [-0.3, -0.25) is 14.2 Å². The lowest BCUT2D eigenvalue weighted by Crippen LogP contribution is -2.37. The molecule has 0 amide bonds. The number of methoxy groups -OCH3 is 2. The SMILES string of the molecule is COc1cc(C)c(C(=O)/C=C/c2cn(C)c(=O)n(C)c2=O)cc1OC. The van der Waals surface area contributed by atoms with E-state index in [0.717, 1.165) is 10.1 Å². The fraction of sp³-hybridized carbons (Fsp3) is 0.278. The van der Waals surface area contributed by atoms with E-state index in [4.69, 9.17) is 9.47 Å². The third-order valence-electron chi connectivity index (χ3n) is 3.88. The van der Waals surface area contributed by atoms with E-state index in [1.54, 1.807) is 26.1 Å². The standard InChI is InChI=1S/C18H20N2O5/c1-11-8-15(24-4)16(25-5)9-13(11)14(21)7-6-12-10-19(2)18(23)20(3)17(12)22/h6-10H,1-5H3/b7-6+. The molecule has 0 atom stereocenters. The number of allylic oxidation sites excluding steroid dienone is 1. The quantitative estimate of drug-likeness (QED) is 0.603. The summed E-state index contributed by atoms with van der Waals surface area (Å²) in [6, 6.07) is 3.31. The smallest absolute Gasteiger partial charge is 0.330 e. The van der Waals surface area contributed by atoms with Crippen molar-refractivity contribution in [2.75, 3.05) is 14.2 Å². The van der Waals surface area contributed by atoms with Crippen LogP contribution >= 0.6 is 0 Å². The van der Waals surface area contributed by atoms with Gasteiger partial charge in [-0.05, 0) is 36.8 Å². The number of benzene rings is 1. The van der Waals surface area contributed by atoms with Crippen molar-refractivity contribution in [2.45, 2.75) is 6.92 Å². The largest absolute Gasteiger partial charge is 0.493 e. The molecule has 0 saturated carbocycles. The van der Waals surface area contributed by atoms with E-state index in [1.165, 1.54) is 44.2 Å². The molecule has 2 aromatic rings. The molecule has 0 aliphatic rings. The second-order valence-corrected chi connectivity index (χ2v) is 5.56. The van der Waals surface area contributed by atoms with E-state index in [2.05, 4.69) is 0 Å². The number of aromatic nitrogens is 2. The zero-order valence-corrected chi connectivity index (χ0v) is 14.8. The molecule has 0 unspecified atom stereocenters. The first-order chi connectivity index (χ1) is 11.8. The maximum absolute atomic E-state index is 12.5. The van der Waals surface area contributed by atoms with Gasteiger partial charge in [0.2, 0.25) is 0 Å². The highest BCUT2D eigenvalue weighted by molar-refractivity contribution is 6.08. The van der Waals surface area contributed by atoms with Crippen molar-refractivity contribution in [3.05, 3.63) is 61.9 Å². The predicted octanol–water partition coefficient (Wildman–Crippen LogP) is 1.31. The summed E-state index contributed by atoms with van der Waals surface area (Å²) in [6.45, 7) is 1.79. The summed E-state index contributed by atoms with van der Waals surface area (Å²) in [4.78, 5) is 36.3. The number of aryl methyl sites for hydroxylation is 2. The third kappa shape index (κ3) is 3.55. The lowest BCUT2D eigenvalue weighted by molar-refractivity contribution is 0.104. The highest BCUT2D eigenvalue weighted by Crippen LogP contribution is 2.30. The summed E-state index contributed by atoms with van der Waals surface area (Å²) in [5.41, 5.74) is 0.521. The average Bonchev–Trinajstić information content (AvgIpc) is 2.61. The lowest BCUT2D eigenvalue weighted by atomic mass is 10.0. The number of ether oxygens (including phenoxy) is 2. The summed E-state index contributed by atoms with van der Waals surface area (Å²) >= 11 is 0. The Kier molecular flexibility index (Phi) is 5.26. The third-order valence-corrected chi connectivity index (χ3v) is 3.88. The number of ketones is 1. The minimum absolute atomic E-state index is 0.246. The maximum atomic E-state index is 12.5. The van der Waals surface area contributed by atoms with E-state index < -0.39 is 11.2 Å². The number of carbonyl (C=O) groups is 1. The van der Waals surface area contributed by atoms with Crippen molar-refractivity contribution in [1.82, 2.24) is 9.13 Å². The molecule has 0 radical (unpaired) electrons. The van der Waals surface area contributed by atoms with Crippen LogP contribution in [0, 0.1) is 6.92 Å². The summed E-state index contributed by atoms with van der Waals surface area (Å²) in [5, 5.41) is 0. The van der Waals surface area contributed by atoms with Crippen molar-refractivity contribution in [1.29, 1.82) is 0 Å². The van der Waals surface area contributed by atoms with Crippen LogP contribution in [0.25, 0.3) is 6.08 Å². The van der Waals surface area contributed by atoms with E-state index >= 15 is 0 Å². The van der Waals surface area contributed by atoms with Gasteiger partial charge < -0.3 is 14.0 Å². The Hall–Kier alpha value is -3.09. The molecule has 1 aromatic carbocycles. The van der Waals surface area contributed by atoms with Crippen molar-refractivity contribution in [2.24, 2.45) is 14.1 Å². The topological polar surface area (TPSA) is 79.5 Å². The molecule has 0 N–H and O–H groups in total. The van der Waals surface area contributed by atoms with Crippen LogP contribution in [0.3, 0.4) is 0 Å². The van der Waals surface area contributed by atoms with E-state index in [-0.39, 0.29) is 11.3 Å². The molecular weight excluding hydrogens is 324 g/mol. The van der Waals surface area contributed by atoms with Gasteiger partial charge in [0.1, 0.15) is 0 Å². The summed E-state index contributed by atoms with van der Waals surface area (Å²) in [7, 11) is 5.95. The van der Waals surface area contributed by atoms with Gasteiger partial charge in [-0.25, -0.2) is 4.79 Å². The Balaban J connectivity index is 2.43. The van der Waals surface area contributed by atoms with Crippen LogP contribution in [0.2, 0.25) is 0 Å². The zero-order chi connectivity index (χ0) is 18.7. The molecule has 1 aromatic heterocycles. The normalized spacial score (nSPS) is 10.9. The molecule has 0 fully saturated rings. The minimum atomic E-state index is -0.462. The van der Waals surface area contributed by atoms with Gasteiger partial charge in [-0.2, -0.15) is 0 Å². The zero-order valence-electron chi connectivity index (χ0n) is 14.8. The van der Waals surface area contributed by atoms with E-state index in [1.807, 2.05) is 0 Å². The second kappa shape index (κ2) is 7.21. The Labute approximate surface area is 144 Å². The van der Waals surface area contributed by atoms with Crippen molar-refractivity contribution >= 4 is 11.9 Å². The summed E-state index contributed by atoms with van der Waals surface area (Å²) in [6.07, 6.45) is 4.10. The molecule has 0 saturated heterocycles. The Morgan fingerprint density at radius 2 is 1.68 bits per heavy atom. The van der Waals surface area contributed by atoms with Gasteiger partial charge in [0.05, 0.1) is 19.8 Å². The van der Waals surface area contributed by atoms with Crippen LogP contribution in [0.1, 0.15) is 21.5 Å². The summed E-state index contributed by atoms with van der Waals surface area (Å²) < 4.78 is 12.7. The number of nitrogens with zero attached hydrogens (tertiary/aromatic N) is 2. The first kappa shape index (κ1) is 18.3. The molecule has 7 nitrogen and oxygen atoms in total. The second-order valence-electron chi connectivity index (χ2n) is 5.56. The van der Waals surface area contributed by atoms with Gasteiger partial charge in [0.15, 0.2) is 17.3 Å². The van der Waals surface area contributed by atoms with Crippen molar-refractivity contribution in [3.8, 4) is 11.5 Å². The number of hydrogen-bond acceptors (Lipinski definition) is 5. The van der Waals surface area contributed by atoms with Gasteiger partial charge in [-0.1, -0.05) is 0 Å². The van der Waals surface area contributed by atoms with E-state index in [0.29, 0.717) is 17.1 Å². The van der Waals surface area contributed by atoms with E-state index in [9.17, 15) is 14.4 Å². The van der Waals surface area contributed by atoms with Crippen LogP contribution in [0.15, 0.2) is 34.0 Å². The van der Waals surface area contributed by atoms with Gasteiger partial charge in [-0.15, -0.1) is 0 Å². The van der Waals surface area contributed by atoms with Gasteiger partial charge >= 0.3 is 5.69 Å². The minimum Gasteiger partial charge on any atom is -0.493 e. The van der Waals surface area contributed by atoms with Crippen LogP contribution in [-0.2, 0) is 14.1 Å². The fourth-order valence-corrected chi connectivity index (χ4v) is 2.45. The fourth-order valence-electron chi connectivity index (χ4n) is 2.45. The first-order valence-corrected chi connectivity index (χ1v) is 7.51. The molecule has 0 bridgehead atoms. The van der Waals surface area contributed by atoms with Gasteiger partial charge in [0.25, 0.3) is 5.56 Å². The van der Waals surface area contributed by atoms with Crippen LogP contribution < -0.4 is 20.7 Å². The average molecular weight is 344 g/mol. The van der Waals surface area contributed by atoms with Gasteiger partial charge in [0, 0.05) is 25.9 Å². The summed E-state index contributed by atoms with van der Waals surface area (Å²) in [5.74, 6) is 0.699. The molecule has 1 heterocycles. The molecule has 132 valence electrons. The Morgan fingerprint density at radius 3 is 2.28 bits per heavy atom. The molecule has 7 heteroatoms. The van der Waals surface area contributed by atoms with Crippen molar-refractivity contribution in [3.63, 3.8) is 0 Å². The molecule has 0 aliphatic carbocycles.